The molecule has 3 heteroatoms. The molecule has 16 heavy (non-hydrogen) atoms. The van der Waals surface area contributed by atoms with Crippen LogP contribution in [0.25, 0.3) is 0 Å². The molecule has 0 saturated heterocycles. The Balaban J connectivity index is 2.88. The van der Waals surface area contributed by atoms with Crippen molar-refractivity contribution in [1.82, 2.24) is 0 Å². The van der Waals surface area contributed by atoms with E-state index in [2.05, 4.69) is 32.9 Å². The SMILES string of the molecule is CC1=CC(C(C#N)C#N)CC(C(C)(C)C)O1. The van der Waals surface area contributed by atoms with Crippen LogP contribution in [-0.2, 0) is 4.74 Å². The van der Waals surface area contributed by atoms with Crippen LogP contribution in [0.2, 0.25) is 0 Å². The maximum Gasteiger partial charge on any atom is 0.139 e. The van der Waals surface area contributed by atoms with E-state index in [1.807, 2.05) is 13.0 Å². The number of rotatable bonds is 1. The molecule has 0 bridgehead atoms. The van der Waals surface area contributed by atoms with E-state index in [-0.39, 0.29) is 17.4 Å². The average Bonchev–Trinajstić information content (AvgIpc) is 2.17. The van der Waals surface area contributed by atoms with Crippen molar-refractivity contribution in [2.45, 2.75) is 40.2 Å². The summed E-state index contributed by atoms with van der Waals surface area (Å²) in [5.74, 6) is 0.253. The van der Waals surface area contributed by atoms with Crippen molar-refractivity contribution in [3.8, 4) is 12.1 Å². The summed E-state index contributed by atoms with van der Waals surface area (Å²) in [5, 5.41) is 17.8. The van der Waals surface area contributed by atoms with E-state index in [0.717, 1.165) is 12.2 Å². The molecule has 0 fully saturated rings. The minimum Gasteiger partial charge on any atom is -0.495 e. The molecule has 0 aliphatic carbocycles. The van der Waals surface area contributed by atoms with E-state index in [1.165, 1.54) is 0 Å². The highest BCUT2D eigenvalue weighted by atomic mass is 16.5. The Kier molecular flexibility index (Phi) is 3.60. The summed E-state index contributed by atoms with van der Waals surface area (Å²) >= 11 is 0. The van der Waals surface area contributed by atoms with Crippen molar-refractivity contribution in [1.29, 1.82) is 10.5 Å². The van der Waals surface area contributed by atoms with Gasteiger partial charge >= 0.3 is 0 Å². The van der Waals surface area contributed by atoms with Gasteiger partial charge in [0.1, 0.15) is 12.0 Å². The van der Waals surface area contributed by atoms with Gasteiger partial charge in [0.15, 0.2) is 0 Å². The highest BCUT2D eigenvalue weighted by molar-refractivity contribution is 5.13. The number of ether oxygens (including phenoxy) is 1. The van der Waals surface area contributed by atoms with E-state index in [9.17, 15) is 0 Å². The minimum absolute atomic E-state index is 0.00650. The Bertz CT molecular complexity index is 351. The largest absolute Gasteiger partial charge is 0.495 e. The Labute approximate surface area is 97.3 Å². The zero-order valence-corrected chi connectivity index (χ0v) is 10.3. The van der Waals surface area contributed by atoms with Crippen molar-refractivity contribution in [3.05, 3.63) is 11.8 Å². The molecular weight excluding hydrogens is 200 g/mol. The fourth-order valence-electron chi connectivity index (χ4n) is 1.91. The molecule has 0 radical (unpaired) electrons. The molecular formula is C13H18N2O. The second kappa shape index (κ2) is 4.58. The first-order valence-electron chi connectivity index (χ1n) is 5.52. The van der Waals surface area contributed by atoms with E-state index in [4.69, 9.17) is 15.3 Å². The minimum atomic E-state index is -0.566. The van der Waals surface area contributed by atoms with E-state index < -0.39 is 5.92 Å². The first-order chi connectivity index (χ1) is 7.38. The molecule has 1 heterocycles. The molecule has 86 valence electrons. The molecule has 1 rings (SSSR count). The molecule has 1 aliphatic heterocycles. The van der Waals surface area contributed by atoms with Crippen LogP contribution in [0.5, 0.6) is 0 Å². The van der Waals surface area contributed by atoms with Gasteiger partial charge in [0, 0.05) is 5.92 Å². The predicted molar refractivity (Wildman–Crippen MR) is 60.9 cm³/mol. The third-order valence-electron chi connectivity index (χ3n) is 2.94. The Hall–Kier alpha value is -1.48. The Morgan fingerprint density at radius 1 is 1.38 bits per heavy atom. The van der Waals surface area contributed by atoms with Gasteiger partial charge in [-0.3, -0.25) is 0 Å². The van der Waals surface area contributed by atoms with Gasteiger partial charge in [-0.15, -0.1) is 0 Å². The summed E-state index contributed by atoms with van der Waals surface area (Å²) in [6, 6.07) is 4.11. The van der Waals surface area contributed by atoms with Gasteiger partial charge in [0.2, 0.25) is 0 Å². The number of allylic oxidation sites excluding steroid dienone is 2. The molecule has 0 saturated carbocycles. The van der Waals surface area contributed by atoms with Crippen molar-refractivity contribution >= 4 is 0 Å². The average molecular weight is 218 g/mol. The topological polar surface area (TPSA) is 56.8 Å². The zero-order chi connectivity index (χ0) is 12.3. The van der Waals surface area contributed by atoms with Crippen molar-refractivity contribution < 1.29 is 4.74 Å². The van der Waals surface area contributed by atoms with Gasteiger partial charge in [-0.25, -0.2) is 0 Å². The highest BCUT2D eigenvalue weighted by Crippen LogP contribution is 2.36. The standard InChI is InChI=1S/C13H18N2O/c1-9-5-10(11(7-14)8-15)6-12(16-9)13(2,3)4/h5,10-12H,6H2,1-4H3. The van der Waals surface area contributed by atoms with Gasteiger partial charge in [-0.1, -0.05) is 20.8 Å². The van der Waals surface area contributed by atoms with Crippen LogP contribution < -0.4 is 0 Å². The van der Waals surface area contributed by atoms with Crippen LogP contribution in [-0.4, -0.2) is 6.10 Å². The van der Waals surface area contributed by atoms with Crippen LogP contribution >= 0.6 is 0 Å². The van der Waals surface area contributed by atoms with Gasteiger partial charge in [-0.2, -0.15) is 10.5 Å². The molecule has 0 aromatic rings. The summed E-state index contributed by atoms with van der Waals surface area (Å²) in [4.78, 5) is 0. The van der Waals surface area contributed by atoms with Gasteiger partial charge in [-0.05, 0) is 24.8 Å². The third-order valence-corrected chi connectivity index (χ3v) is 2.94. The number of nitriles is 2. The van der Waals surface area contributed by atoms with Gasteiger partial charge < -0.3 is 4.74 Å². The second-order valence-corrected chi connectivity index (χ2v) is 5.39. The third kappa shape index (κ3) is 2.76. The molecule has 3 nitrogen and oxygen atoms in total. The number of hydrogen-bond donors (Lipinski definition) is 0. The lowest BCUT2D eigenvalue weighted by Crippen LogP contribution is -2.35. The maximum absolute atomic E-state index is 8.91. The van der Waals surface area contributed by atoms with Crippen molar-refractivity contribution in [2.75, 3.05) is 0 Å². The molecule has 0 spiro atoms. The van der Waals surface area contributed by atoms with E-state index in [1.54, 1.807) is 0 Å². The highest BCUT2D eigenvalue weighted by Gasteiger charge is 2.34. The van der Waals surface area contributed by atoms with E-state index in [0.29, 0.717) is 0 Å². The molecule has 0 aromatic carbocycles. The predicted octanol–water partition coefficient (Wildman–Crippen LogP) is 3.00. The molecule has 0 amide bonds. The molecule has 0 aromatic heterocycles. The Morgan fingerprint density at radius 3 is 2.38 bits per heavy atom. The maximum atomic E-state index is 8.91. The lowest BCUT2D eigenvalue weighted by atomic mass is 9.78. The van der Waals surface area contributed by atoms with Crippen LogP contribution in [0.3, 0.4) is 0 Å². The van der Waals surface area contributed by atoms with E-state index >= 15 is 0 Å². The molecule has 2 unspecified atom stereocenters. The van der Waals surface area contributed by atoms with Gasteiger partial charge in [0.25, 0.3) is 0 Å². The molecule has 1 aliphatic rings. The van der Waals surface area contributed by atoms with Gasteiger partial charge in [0.05, 0.1) is 17.9 Å². The lowest BCUT2D eigenvalue weighted by molar-refractivity contribution is -0.00205. The fraction of sp³-hybridized carbons (Fsp3) is 0.692. The monoisotopic (exact) mass is 218 g/mol. The summed E-state index contributed by atoms with van der Waals surface area (Å²) in [7, 11) is 0. The summed E-state index contributed by atoms with van der Waals surface area (Å²) < 4.78 is 5.76. The number of hydrogen-bond acceptors (Lipinski definition) is 3. The van der Waals surface area contributed by atoms with Crippen molar-refractivity contribution in [2.24, 2.45) is 17.3 Å². The summed E-state index contributed by atoms with van der Waals surface area (Å²) in [6.45, 7) is 8.22. The van der Waals surface area contributed by atoms with Crippen LogP contribution in [0.1, 0.15) is 34.1 Å². The van der Waals surface area contributed by atoms with Crippen molar-refractivity contribution in [3.63, 3.8) is 0 Å². The second-order valence-electron chi connectivity index (χ2n) is 5.39. The molecule has 0 N–H and O–H groups in total. The lowest BCUT2D eigenvalue weighted by Gasteiger charge is -2.37. The first-order valence-corrected chi connectivity index (χ1v) is 5.52. The molecule has 2 atom stereocenters. The fourth-order valence-corrected chi connectivity index (χ4v) is 1.91. The quantitative estimate of drug-likeness (QED) is 0.679. The van der Waals surface area contributed by atoms with Crippen LogP contribution in [0.15, 0.2) is 11.8 Å². The Morgan fingerprint density at radius 2 is 1.94 bits per heavy atom. The zero-order valence-electron chi connectivity index (χ0n) is 10.3. The van der Waals surface area contributed by atoms with Crippen LogP contribution in [0.4, 0.5) is 0 Å². The van der Waals surface area contributed by atoms with Crippen LogP contribution in [0, 0.1) is 39.9 Å². The smallest absolute Gasteiger partial charge is 0.139 e. The first kappa shape index (κ1) is 12.6. The number of nitrogens with zero attached hydrogens (tertiary/aromatic N) is 2. The summed E-state index contributed by atoms with van der Waals surface area (Å²) in [5.41, 5.74) is 0.0310. The summed E-state index contributed by atoms with van der Waals surface area (Å²) in [6.07, 6.45) is 2.72. The normalized spacial score (nSPS) is 25.3.